The summed E-state index contributed by atoms with van der Waals surface area (Å²) in [4.78, 5) is 8.64. The van der Waals surface area contributed by atoms with E-state index in [1.165, 1.54) is 28.5 Å². The molecule has 0 aliphatic carbocycles. The zero-order valence-electron chi connectivity index (χ0n) is 11.3. The maximum absolute atomic E-state index is 5.83. The number of hydrogen-bond acceptors (Lipinski definition) is 4. The quantitative estimate of drug-likeness (QED) is 0.897. The first-order chi connectivity index (χ1) is 7.94. The highest BCUT2D eigenvalue weighted by atomic mass is 32.1. The van der Waals surface area contributed by atoms with Crippen LogP contribution in [0.25, 0.3) is 0 Å². The van der Waals surface area contributed by atoms with E-state index in [0.717, 1.165) is 6.54 Å². The molecule has 4 heteroatoms. The molecule has 0 radical (unpaired) electrons. The Morgan fingerprint density at radius 3 is 2.76 bits per heavy atom. The topological polar surface area (TPSA) is 42.1 Å². The van der Waals surface area contributed by atoms with Crippen LogP contribution in [0.1, 0.15) is 41.8 Å². The molecule has 2 rings (SSSR count). The lowest BCUT2D eigenvalue weighted by Crippen LogP contribution is -2.28. The molecule has 3 nitrogen and oxygen atoms in total. The Morgan fingerprint density at radius 2 is 2.24 bits per heavy atom. The highest BCUT2D eigenvalue weighted by Crippen LogP contribution is 2.35. The van der Waals surface area contributed by atoms with Gasteiger partial charge in [-0.15, -0.1) is 11.3 Å². The van der Waals surface area contributed by atoms with Crippen molar-refractivity contribution in [2.75, 3.05) is 26.7 Å². The molecule has 0 bridgehead atoms. The van der Waals surface area contributed by atoms with Crippen LogP contribution in [0.15, 0.2) is 0 Å². The number of nitrogens with two attached hydrogens (primary N) is 1. The predicted octanol–water partition coefficient (Wildman–Crippen LogP) is 2.11. The van der Waals surface area contributed by atoms with Crippen molar-refractivity contribution in [1.82, 2.24) is 9.88 Å². The first-order valence-electron chi connectivity index (χ1n) is 6.30. The van der Waals surface area contributed by atoms with Crippen molar-refractivity contribution in [2.45, 2.75) is 38.5 Å². The van der Waals surface area contributed by atoms with Gasteiger partial charge in [0.1, 0.15) is 0 Å². The molecule has 17 heavy (non-hydrogen) atoms. The maximum Gasteiger partial charge on any atom is 0.1000 e. The van der Waals surface area contributed by atoms with Crippen LogP contribution in [0.2, 0.25) is 0 Å². The van der Waals surface area contributed by atoms with Gasteiger partial charge in [-0.3, -0.25) is 0 Å². The molecule has 0 saturated carbocycles. The summed E-state index contributed by atoms with van der Waals surface area (Å²) < 4.78 is 0. The Bertz CT molecular complexity index is 397. The standard InChI is InChI=1S/C13H23N3S/c1-9-11(10-5-6-16(4)7-10)15-12(17-9)13(2,3)8-14/h10H,5-8,14H2,1-4H3. The fourth-order valence-electron chi connectivity index (χ4n) is 2.32. The molecule has 1 unspecified atom stereocenters. The summed E-state index contributed by atoms with van der Waals surface area (Å²) in [5.74, 6) is 0.624. The monoisotopic (exact) mass is 253 g/mol. The maximum atomic E-state index is 5.83. The van der Waals surface area contributed by atoms with Gasteiger partial charge in [0, 0.05) is 29.3 Å². The molecule has 96 valence electrons. The number of aromatic nitrogens is 1. The van der Waals surface area contributed by atoms with Gasteiger partial charge in [-0.2, -0.15) is 0 Å². The van der Waals surface area contributed by atoms with Gasteiger partial charge in [-0.05, 0) is 26.9 Å². The number of likely N-dealkylation sites (N-methyl/N-ethyl adjacent to an activating group) is 1. The zero-order chi connectivity index (χ0) is 12.6. The molecule has 2 N–H and O–H groups in total. The number of nitrogens with zero attached hydrogens (tertiary/aromatic N) is 2. The van der Waals surface area contributed by atoms with Crippen LogP contribution in [0.3, 0.4) is 0 Å². The molecule has 1 atom stereocenters. The van der Waals surface area contributed by atoms with E-state index >= 15 is 0 Å². The second-order valence-corrected chi connectivity index (χ2v) is 7.00. The SMILES string of the molecule is Cc1sc(C(C)(C)CN)nc1C1CCN(C)C1. The molecule has 0 aromatic carbocycles. The van der Waals surface area contributed by atoms with Gasteiger partial charge in [-0.1, -0.05) is 13.8 Å². The third kappa shape index (κ3) is 2.54. The normalized spacial score (nSPS) is 22.3. The Hall–Kier alpha value is -0.450. The average Bonchev–Trinajstić information content (AvgIpc) is 2.85. The van der Waals surface area contributed by atoms with Crippen LogP contribution < -0.4 is 5.73 Å². The average molecular weight is 253 g/mol. The predicted molar refractivity (Wildman–Crippen MR) is 73.8 cm³/mol. The van der Waals surface area contributed by atoms with Crippen molar-refractivity contribution in [2.24, 2.45) is 5.73 Å². The van der Waals surface area contributed by atoms with Gasteiger partial charge >= 0.3 is 0 Å². The van der Waals surface area contributed by atoms with Crippen molar-refractivity contribution in [3.63, 3.8) is 0 Å². The molecule has 1 fully saturated rings. The van der Waals surface area contributed by atoms with Crippen molar-refractivity contribution >= 4 is 11.3 Å². The van der Waals surface area contributed by atoms with E-state index in [1.807, 2.05) is 11.3 Å². The van der Waals surface area contributed by atoms with Crippen molar-refractivity contribution in [3.8, 4) is 0 Å². The minimum absolute atomic E-state index is 0.0121. The molecular weight excluding hydrogens is 230 g/mol. The van der Waals surface area contributed by atoms with Crippen molar-refractivity contribution < 1.29 is 0 Å². The highest BCUT2D eigenvalue weighted by Gasteiger charge is 2.29. The second-order valence-electron chi connectivity index (χ2n) is 5.80. The van der Waals surface area contributed by atoms with E-state index in [9.17, 15) is 0 Å². The van der Waals surface area contributed by atoms with Crippen LogP contribution in [0.5, 0.6) is 0 Å². The molecule has 1 aromatic rings. The van der Waals surface area contributed by atoms with E-state index in [4.69, 9.17) is 10.7 Å². The summed E-state index contributed by atoms with van der Waals surface area (Å²) in [6, 6.07) is 0. The van der Waals surface area contributed by atoms with E-state index < -0.39 is 0 Å². The summed E-state index contributed by atoms with van der Waals surface area (Å²) >= 11 is 1.82. The lowest BCUT2D eigenvalue weighted by molar-refractivity contribution is 0.410. The van der Waals surface area contributed by atoms with E-state index in [0.29, 0.717) is 12.5 Å². The van der Waals surface area contributed by atoms with Crippen LogP contribution in [-0.2, 0) is 5.41 Å². The Balaban J connectivity index is 2.25. The van der Waals surface area contributed by atoms with Gasteiger partial charge < -0.3 is 10.6 Å². The molecule has 2 heterocycles. The summed E-state index contributed by atoms with van der Waals surface area (Å²) in [5.41, 5.74) is 7.16. The lowest BCUT2D eigenvalue weighted by atomic mass is 9.95. The van der Waals surface area contributed by atoms with Crippen LogP contribution >= 0.6 is 11.3 Å². The Kier molecular flexibility index (Phi) is 3.57. The fourth-order valence-corrected chi connectivity index (χ4v) is 3.43. The van der Waals surface area contributed by atoms with E-state index in [1.54, 1.807) is 0 Å². The van der Waals surface area contributed by atoms with Gasteiger partial charge in [0.05, 0.1) is 10.7 Å². The number of thiazole rings is 1. The number of rotatable bonds is 3. The first kappa shape index (κ1) is 13.0. The third-order valence-corrected chi connectivity index (χ3v) is 5.05. The third-order valence-electron chi connectivity index (χ3n) is 3.70. The summed E-state index contributed by atoms with van der Waals surface area (Å²) in [6.07, 6.45) is 1.24. The van der Waals surface area contributed by atoms with Crippen LogP contribution in [0, 0.1) is 6.92 Å². The summed E-state index contributed by atoms with van der Waals surface area (Å²) in [5, 5.41) is 1.20. The Labute approximate surface area is 108 Å². The smallest absolute Gasteiger partial charge is 0.1000 e. The van der Waals surface area contributed by atoms with Gasteiger partial charge in [-0.25, -0.2) is 4.98 Å². The first-order valence-corrected chi connectivity index (χ1v) is 7.12. The van der Waals surface area contributed by atoms with Crippen molar-refractivity contribution in [3.05, 3.63) is 15.6 Å². The van der Waals surface area contributed by atoms with Gasteiger partial charge in [0.25, 0.3) is 0 Å². The number of likely N-dealkylation sites (tertiary alicyclic amines) is 1. The molecule has 0 amide bonds. The van der Waals surface area contributed by atoms with Crippen LogP contribution in [0.4, 0.5) is 0 Å². The molecular formula is C13H23N3S. The minimum Gasteiger partial charge on any atom is -0.330 e. The molecule has 1 aliphatic heterocycles. The zero-order valence-corrected chi connectivity index (χ0v) is 12.1. The summed E-state index contributed by atoms with van der Waals surface area (Å²) in [7, 11) is 2.19. The lowest BCUT2D eigenvalue weighted by Gasteiger charge is -2.18. The highest BCUT2D eigenvalue weighted by molar-refractivity contribution is 7.11. The largest absolute Gasteiger partial charge is 0.330 e. The number of hydrogen-bond donors (Lipinski definition) is 1. The fraction of sp³-hybridized carbons (Fsp3) is 0.769. The van der Waals surface area contributed by atoms with Crippen molar-refractivity contribution in [1.29, 1.82) is 0 Å². The van der Waals surface area contributed by atoms with E-state index in [-0.39, 0.29) is 5.41 Å². The Morgan fingerprint density at radius 1 is 1.53 bits per heavy atom. The molecule has 0 spiro atoms. The molecule has 1 saturated heterocycles. The van der Waals surface area contributed by atoms with Crippen LogP contribution in [-0.4, -0.2) is 36.6 Å². The van der Waals surface area contributed by atoms with Gasteiger partial charge in [0.15, 0.2) is 0 Å². The summed E-state index contributed by atoms with van der Waals surface area (Å²) in [6.45, 7) is 9.54. The second kappa shape index (κ2) is 4.67. The number of aryl methyl sites for hydroxylation is 1. The van der Waals surface area contributed by atoms with Gasteiger partial charge in [0.2, 0.25) is 0 Å². The minimum atomic E-state index is 0.0121. The molecule has 1 aliphatic rings. The molecule has 1 aromatic heterocycles. The van der Waals surface area contributed by atoms with E-state index in [2.05, 4.69) is 32.7 Å².